The van der Waals surface area contributed by atoms with E-state index >= 15 is 0 Å². The third-order valence-electron chi connectivity index (χ3n) is 3.77. The highest BCUT2D eigenvalue weighted by molar-refractivity contribution is 9.10. The summed E-state index contributed by atoms with van der Waals surface area (Å²) in [5.41, 5.74) is 3.00. The minimum absolute atomic E-state index is 0.198. The maximum absolute atomic E-state index is 12.4. The monoisotopic (exact) mass is 372 g/mol. The molecule has 0 N–H and O–H groups in total. The highest BCUT2D eigenvalue weighted by atomic mass is 79.9. The van der Waals surface area contributed by atoms with Crippen LogP contribution in [0.4, 0.5) is 0 Å². The van der Waals surface area contributed by atoms with Gasteiger partial charge in [0, 0.05) is 4.47 Å². The lowest BCUT2D eigenvalue weighted by Crippen LogP contribution is -2.20. The molecule has 1 atom stereocenters. The van der Waals surface area contributed by atoms with E-state index in [4.69, 9.17) is 4.74 Å². The van der Waals surface area contributed by atoms with Gasteiger partial charge in [0.2, 0.25) is 0 Å². The summed E-state index contributed by atoms with van der Waals surface area (Å²) >= 11 is 3.43. The second kappa shape index (κ2) is 8.68. The molecule has 2 rings (SSSR count). The molecule has 0 heterocycles. The van der Waals surface area contributed by atoms with Gasteiger partial charge in [0.25, 0.3) is 0 Å². The first-order valence-electron chi connectivity index (χ1n) is 7.77. The van der Waals surface area contributed by atoms with Crippen LogP contribution in [-0.2, 0) is 16.0 Å². The molecule has 0 spiro atoms. The van der Waals surface area contributed by atoms with Crippen LogP contribution >= 0.6 is 15.9 Å². The minimum Gasteiger partial charge on any atom is -0.466 e. The number of benzene rings is 2. The van der Waals surface area contributed by atoms with Crippen molar-refractivity contribution in [2.75, 3.05) is 6.61 Å². The van der Waals surface area contributed by atoms with Crippen LogP contribution in [0.1, 0.15) is 24.5 Å². The minimum atomic E-state index is -0.323. The summed E-state index contributed by atoms with van der Waals surface area (Å²) in [7, 11) is 0. The predicted octanol–water partition coefficient (Wildman–Crippen LogP) is 5.27. The Hall–Kier alpha value is -1.87. The van der Waals surface area contributed by atoms with E-state index < -0.39 is 0 Å². The van der Waals surface area contributed by atoms with E-state index in [0.717, 1.165) is 22.0 Å². The Kier molecular flexibility index (Phi) is 6.60. The quantitative estimate of drug-likeness (QED) is 0.618. The third-order valence-corrected chi connectivity index (χ3v) is 4.30. The van der Waals surface area contributed by atoms with Gasteiger partial charge >= 0.3 is 5.97 Å². The largest absolute Gasteiger partial charge is 0.466 e. The number of esters is 1. The number of hydrogen-bond donors (Lipinski definition) is 0. The second-order valence-electron chi connectivity index (χ2n) is 5.36. The van der Waals surface area contributed by atoms with Crippen molar-refractivity contribution < 1.29 is 9.53 Å². The van der Waals surface area contributed by atoms with Crippen molar-refractivity contribution in [3.63, 3.8) is 0 Å². The molecule has 0 aliphatic carbocycles. The van der Waals surface area contributed by atoms with Crippen LogP contribution < -0.4 is 0 Å². The van der Waals surface area contributed by atoms with Crippen molar-refractivity contribution in [3.8, 4) is 0 Å². The van der Waals surface area contributed by atoms with Gasteiger partial charge in [-0.15, -0.1) is 0 Å². The highest BCUT2D eigenvalue weighted by Gasteiger charge is 2.23. The summed E-state index contributed by atoms with van der Waals surface area (Å²) in [5, 5.41) is 0. The predicted molar refractivity (Wildman–Crippen MR) is 98.1 cm³/mol. The van der Waals surface area contributed by atoms with Gasteiger partial charge in [0.05, 0.1) is 12.5 Å². The van der Waals surface area contributed by atoms with Gasteiger partial charge in [-0.25, -0.2) is 0 Å². The van der Waals surface area contributed by atoms with Gasteiger partial charge in [-0.05, 0) is 48.6 Å². The highest BCUT2D eigenvalue weighted by Crippen LogP contribution is 2.28. The van der Waals surface area contributed by atoms with Gasteiger partial charge in [-0.1, -0.05) is 65.0 Å². The van der Waals surface area contributed by atoms with Gasteiger partial charge in [-0.2, -0.15) is 0 Å². The van der Waals surface area contributed by atoms with Crippen LogP contribution in [0.5, 0.6) is 0 Å². The van der Waals surface area contributed by atoms with Crippen LogP contribution in [0.2, 0.25) is 0 Å². The van der Waals surface area contributed by atoms with E-state index in [-0.39, 0.29) is 11.9 Å². The second-order valence-corrected chi connectivity index (χ2v) is 6.28. The number of hydrogen-bond acceptors (Lipinski definition) is 2. The fraction of sp³-hybridized carbons (Fsp3) is 0.250. The molecule has 2 aromatic carbocycles. The molecule has 0 amide bonds. The molecule has 0 fully saturated rings. The lowest BCUT2D eigenvalue weighted by molar-refractivity contribution is -0.146. The molecule has 2 aromatic rings. The number of aryl methyl sites for hydroxylation is 1. The SMILES string of the molecule is C=C(c1ccc(Br)cc1)C(CCc1ccccc1)C(=O)OCC. The summed E-state index contributed by atoms with van der Waals surface area (Å²) in [4.78, 5) is 12.4. The molecule has 120 valence electrons. The van der Waals surface area contributed by atoms with Crippen LogP contribution in [-0.4, -0.2) is 12.6 Å². The molecule has 23 heavy (non-hydrogen) atoms. The molecular formula is C20H21BrO2. The van der Waals surface area contributed by atoms with Crippen molar-refractivity contribution in [2.45, 2.75) is 19.8 Å². The lowest BCUT2D eigenvalue weighted by atomic mass is 9.89. The number of ether oxygens (including phenoxy) is 1. The zero-order chi connectivity index (χ0) is 16.7. The molecule has 0 aromatic heterocycles. The van der Waals surface area contributed by atoms with Crippen LogP contribution in [0.25, 0.3) is 5.57 Å². The Labute approximate surface area is 146 Å². The van der Waals surface area contributed by atoms with E-state index in [1.54, 1.807) is 0 Å². The molecule has 0 saturated heterocycles. The smallest absolute Gasteiger partial charge is 0.313 e. The van der Waals surface area contributed by atoms with Gasteiger partial charge < -0.3 is 4.74 Å². The first-order valence-corrected chi connectivity index (χ1v) is 8.56. The van der Waals surface area contributed by atoms with Crippen LogP contribution in [0.15, 0.2) is 65.6 Å². The van der Waals surface area contributed by atoms with Gasteiger partial charge in [0.1, 0.15) is 0 Å². The first kappa shape index (κ1) is 17.5. The third kappa shape index (κ3) is 5.07. The van der Waals surface area contributed by atoms with E-state index in [2.05, 4.69) is 34.6 Å². The summed E-state index contributed by atoms with van der Waals surface area (Å²) in [6, 6.07) is 18.0. The molecule has 0 aliphatic heterocycles. The Morgan fingerprint density at radius 3 is 2.39 bits per heavy atom. The van der Waals surface area contributed by atoms with E-state index in [1.165, 1.54) is 5.56 Å². The zero-order valence-electron chi connectivity index (χ0n) is 13.3. The molecular weight excluding hydrogens is 352 g/mol. The fourth-order valence-corrected chi connectivity index (χ4v) is 2.76. The number of carbonyl (C=O) groups excluding carboxylic acids is 1. The van der Waals surface area contributed by atoms with Gasteiger partial charge in [0.15, 0.2) is 0 Å². The number of carbonyl (C=O) groups is 1. The molecule has 0 saturated carbocycles. The van der Waals surface area contributed by atoms with Crippen LogP contribution in [0.3, 0.4) is 0 Å². The summed E-state index contributed by atoms with van der Waals surface area (Å²) in [6.07, 6.45) is 1.51. The van der Waals surface area contributed by atoms with Crippen molar-refractivity contribution in [3.05, 3.63) is 76.8 Å². The average molecular weight is 373 g/mol. The molecule has 0 aliphatic rings. The summed E-state index contributed by atoms with van der Waals surface area (Å²) in [5.74, 6) is -0.521. The zero-order valence-corrected chi connectivity index (χ0v) is 14.9. The average Bonchev–Trinajstić information content (AvgIpc) is 2.56. The van der Waals surface area contributed by atoms with Crippen molar-refractivity contribution >= 4 is 27.5 Å². The van der Waals surface area contributed by atoms with Crippen molar-refractivity contribution in [1.82, 2.24) is 0 Å². The van der Waals surface area contributed by atoms with E-state index in [0.29, 0.717) is 13.0 Å². The summed E-state index contributed by atoms with van der Waals surface area (Å²) in [6.45, 7) is 6.37. The molecule has 1 unspecified atom stereocenters. The molecule has 2 nitrogen and oxygen atoms in total. The molecule has 3 heteroatoms. The van der Waals surface area contributed by atoms with E-state index in [1.807, 2.05) is 49.4 Å². The Morgan fingerprint density at radius 2 is 1.78 bits per heavy atom. The Bertz CT molecular complexity index is 647. The maximum Gasteiger partial charge on any atom is 0.313 e. The number of halogens is 1. The Balaban J connectivity index is 2.14. The van der Waals surface area contributed by atoms with Gasteiger partial charge in [-0.3, -0.25) is 4.79 Å². The number of rotatable bonds is 7. The van der Waals surface area contributed by atoms with E-state index in [9.17, 15) is 4.79 Å². The first-order chi connectivity index (χ1) is 11.1. The molecule has 0 bridgehead atoms. The fourth-order valence-electron chi connectivity index (χ4n) is 2.50. The standard InChI is InChI=1S/C20H21BrO2/c1-3-23-20(22)19(14-9-16-7-5-4-6-8-16)15(2)17-10-12-18(21)13-11-17/h4-8,10-13,19H,2-3,9,14H2,1H3. The van der Waals surface area contributed by atoms with Crippen LogP contribution in [0, 0.1) is 5.92 Å². The topological polar surface area (TPSA) is 26.3 Å². The normalized spacial score (nSPS) is 11.7. The van der Waals surface area contributed by atoms with Crippen molar-refractivity contribution in [1.29, 1.82) is 0 Å². The Morgan fingerprint density at radius 1 is 1.13 bits per heavy atom. The van der Waals surface area contributed by atoms with Crippen molar-refractivity contribution in [2.24, 2.45) is 5.92 Å². The maximum atomic E-state index is 12.4. The lowest BCUT2D eigenvalue weighted by Gasteiger charge is -2.18. The molecule has 0 radical (unpaired) electrons. The summed E-state index contributed by atoms with van der Waals surface area (Å²) < 4.78 is 6.26.